The average Bonchev–Trinajstić information content (AvgIpc) is 3.15. The standard InChI is InChI=1S/C18H34N4O2/c1-15-5-8-21(9-6-15)10-7-20-18(19-2)22-11-13-24-17(14-22)16-4-3-12-23-16/h15-17H,3-14H2,1-2H3,(H,19,20). The molecule has 3 saturated heterocycles. The van der Waals surface area contributed by atoms with Crippen molar-refractivity contribution in [3.63, 3.8) is 0 Å². The molecular formula is C18H34N4O2. The molecule has 0 spiro atoms. The number of likely N-dealkylation sites (tertiary alicyclic amines) is 1. The number of aliphatic imine (C=N–C) groups is 1. The van der Waals surface area contributed by atoms with Gasteiger partial charge in [-0.2, -0.15) is 0 Å². The summed E-state index contributed by atoms with van der Waals surface area (Å²) in [5.74, 6) is 1.90. The average molecular weight is 338 g/mol. The van der Waals surface area contributed by atoms with Crippen LogP contribution >= 0.6 is 0 Å². The smallest absolute Gasteiger partial charge is 0.193 e. The number of rotatable bonds is 4. The normalized spacial score (nSPS) is 30.8. The highest BCUT2D eigenvalue weighted by Crippen LogP contribution is 2.21. The fraction of sp³-hybridized carbons (Fsp3) is 0.944. The van der Waals surface area contributed by atoms with Gasteiger partial charge in [-0.25, -0.2) is 0 Å². The van der Waals surface area contributed by atoms with Crippen LogP contribution < -0.4 is 5.32 Å². The van der Waals surface area contributed by atoms with Crippen molar-refractivity contribution in [1.82, 2.24) is 15.1 Å². The molecule has 0 aliphatic carbocycles. The van der Waals surface area contributed by atoms with Crippen LogP contribution in [0, 0.1) is 5.92 Å². The number of hydrogen-bond donors (Lipinski definition) is 1. The van der Waals surface area contributed by atoms with Crippen molar-refractivity contribution in [1.29, 1.82) is 0 Å². The molecule has 0 radical (unpaired) electrons. The van der Waals surface area contributed by atoms with Crippen molar-refractivity contribution in [3.05, 3.63) is 0 Å². The summed E-state index contributed by atoms with van der Waals surface area (Å²) in [7, 11) is 1.88. The van der Waals surface area contributed by atoms with Gasteiger partial charge in [0.1, 0.15) is 6.10 Å². The Hall–Kier alpha value is -0.850. The molecule has 3 aliphatic heterocycles. The first-order valence-electron chi connectivity index (χ1n) is 9.67. The summed E-state index contributed by atoms with van der Waals surface area (Å²) >= 11 is 0. The topological polar surface area (TPSA) is 49.3 Å². The highest BCUT2D eigenvalue weighted by molar-refractivity contribution is 5.80. The minimum Gasteiger partial charge on any atom is -0.375 e. The van der Waals surface area contributed by atoms with E-state index in [4.69, 9.17) is 9.47 Å². The van der Waals surface area contributed by atoms with Gasteiger partial charge in [-0.15, -0.1) is 0 Å². The second-order valence-corrected chi connectivity index (χ2v) is 7.40. The SMILES string of the molecule is CN=C(NCCN1CCC(C)CC1)N1CCOC(C2CCCO2)C1. The van der Waals surface area contributed by atoms with Crippen LogP contribution in [0.5, 0.6) is 0 Å². The van der Waals surface area contributed by atoms with E-state index in [1.807, 2.05) is 7.05 Å². The second kappa shape index (κ2) is 9.02. The molecule has 0 bridgehead atoms. The van der Waals surface area contributed by atoms with E-state index < -0.39 is 0 Å². The number of nitrogens with zero attached hydrogens (tertiary/aromatic N) is 3. The van der Waals surface area contributed by atoms with E-state index >= 15 is 0 Å². The number of morpholine rings is 1. The minimum absolute atomic E-state index is 0.184. The molecule has 0 amide bonds. The third-order valence-corrected chi connectivity index (χ3v) is 5.57. The van der Waals surface area contributed by atoms with E-state index in [2.05, 4.69) is 27.0 Å². The summed E-state index contributed by atoms with van der Waals surface area (Å²) in [4.78, 5) is 9.38. The lowest BCUT2D eigenvalue weighted by atomic mass is 9.99. The molecule has 2 unspecified atom stereocenters. The van der Waals surface area contributed by atoms with E-state index in [0.717, 1.165) is 64.1 Å². The van der Waals surface area contributed by atoms with Crippen LogP contribution in [0.25, 0.3) is 0 Å². The number of nitrogens with one attached hydrogen (secondary N) is 1. The maximum atomic E-state index is 5.94. The van der Waals surface area contributed by atoms with Crippen LogP contribution in [0.1, 0.15) is 32.6 Å². The summed E-state index contributed by atoms with van der Waals surface area (Å²) in [6.07, 6.45) is 5.40. The van der Waals surface area contributed by atoms with Crippen LogP contribution in [-0.2, 0) is 9.47 Å². The Kier molecular flexibility index (Phi) is 6.75. The van der Waals surface area contributed by atoms with E-state index in [9.17, 15) is 0 Å². The van der Waals surface area contributed by atoms with E-state index in [-0.39, 0.29) is 12.2 Å². The lowest BCUT2D eigenvalue weighted by Gasteiger charge is -2.37. The van der Waals surface area contributed by atoms with Crippen molar-refractivity contribution in [3.8, 4) is 0 Å². The van der Waals surface area contributed by atoms with Gasteiger partial charge in [-0.1, -0.05) is 6.92 Å². The Bertz CT molecular complexity index is 404. The lowest BCUT2D eigenvalue weighted by Crippen LogP contribution is -2.54. The van der Waals surface area contributed by atoms with Gasteiger partial charge in [0.2, 0.25) is 0 Å². The zero-order chi connectivity index (χ0) is 16.8. The van der Waals surface area contributed by atoms with Gasteiger partial charge in [0.25, 0.3) is 0 Å². The Morgan fingerprint density at radius 3 is 2.58 bits per heavy atom. The molecule has 3 heterocycles. The predicted molar refractivity (Wildman–Crippen MR) is 96.5 cm³/mol. The molecule has 0 saturated carbocycles. The van der Waals surface area contributed by atoms with Crippen molar-refractivity contribution in [2.75, 3.05) is 59.5 Å². The zero-order valence-corrected chi connectivity index (χ0v) is 15.4. The van der Waals surface area contributed by atoms with Crippen LogP contribution in [0.4, 0.5) is 0 Å². The molecule has 3 rings (SSSR count). The molecule has 3 aliphatic rings. The Morgan fingerprint density at radius 1 is 1.08 bits per heavy atom. The van der Waals surface area contributed by atoms with E-state index in [0.29, 0.717) is 0 Å². The third-order valence-electron chi connectivity index (χ3n) is 5.57. The van der Waals surface area contributed by atoms with Gasteiger partial charge in [0, 0.05) is 39.8 Å². The van der Waals surface area contributed by atoms with Crippen LogP contribution in [0.15, 0.2) is 4.99 Å². The molecule has 1 N–H and O–H groups in total. The van der Waals surface area contributed by atoms with Gasteiger partial charge >= 0.3 is 0 Å². The van der Waals surface area contributed by atoms with Gasteiger partial charge in [-0.05, 0) is 44.7 Å². The Labute approximate surface area is 146 Å². The summed E-state index contributed by atoms with van der Waals surface area (Å²) < 4.78 is 11.7. The third kappa shape index (κ3) is 4.83. The minimum atomic E-state index is 0.184. The lowest BCUT2D eigenvalue weighted by molar-refractivity contribution is -0.0817. The fourth-order valence-corrected chi connectivity index (χ4v) is 3.93. The first kappa shape index (κ1) is 18.0. The molecule has 2 atom stereocenters. The molecule has 3 fully saturated rings. The maximum Gasteiger partial charge on any atom is 0.193 e. The summed E-state index contributed by atoms with van der Waals surface area (Å²) in [5.41, 5.74) is 0. The Balaban J connectivity index is 1.41. The van der Waals surface area contributed by atoms with Crippen molar-refractivity contribution < 1.29 is 9.47 Å². The quantitative estimate of drug-likeness (QED) is 0.616. The largest absolute Gasteiger partial charge is 0.375 e. The summed E-state index contributed by atoms with van der Waals surface area (Å²) in [6.45, 7) is 10.3. The maximum absolute atomic E-state index is 5.94. The predicted octanol–water partition coefficient (Wildman–Crippen LogP) is 1.17. The molecule has 6 heteroatoms. The van der Waals surface area contributed by atoms with Gasteiger partial charge in [0.15, 0.2) is 5.96 Å². The summed E-state index contributed by atoms with van der Waals surface area (Å²) in [5, 5.41) is 3.55. The van der Waals surface area contributed by atoms with Gasteiger partial charge < -0.3 is 24.6 Å². The first-order valence-corrected chi connectivity index (χ1v) is 9.67. The van der Waals surface area contributed by atoms with Crippen molar-refractivity contribution in [2.24, 2.45) is 10.9 Å². The molecular weight excluding hydrogens is 304 g/mol. The van der Waals surface area contributed by atoms with Gasteiger partial charge in [-0.3, -0.25) is 4.99 Å². The molecule has 6 nitrogen and oxygen atoms in total. The number of ether oxygens (including phenoxy) is 2. The van der Waals surface area contributed by atoms with Gasteiger partial charge in [0.05, 0.1) is 12.7 Å². The second-order valence-electron chi connectivity index (χ2n) is 7.40. The monoisotopic (exact) mass is 338 g/mol. The Morgan fingerprint density at radius 2 is 1.88 bits per heavy atom. The number of hydrogen-bond acceptors (Lipinski definition) is 4. The molecule has 138 valence electrons. The van der Waals surface area contributed by atoms with Crippen LogP contribution in [0.3, 0.4) is 0 Å². The first-order chi connectivity index (χ1) is 11.8. The fourth-order valence-electron chi connectivity index (χ4n) is 3.93. The van der Waals surface area contributed by atoms with Crippen molar-refractivity contribution in [2.45, 2.75) is 44.8 Å². The van der Waals surface area contributed by atoms with E-state index in [1.54, 1.807) is 0 Å². The summed E-state index contributed by atoms with van der Waals surface area (Å²) in [6, 6.07) is 0. The highest BCUT2D eigenvalue weighted by Gasteiger charge is 2.32. The molecule has 0 aromatic rings. The van der Waals surface area contributed by atoms with Crippen LogP contribution in [-0.4, -0.2) is 87.5 Å². The number of guanidine groups is 1. The van der Waals surface area contributed by atoms with E-state index in [1.165, 1.54) is 25.9 Å². The highest BCUT2D eigenvalue weighted by atomic mass is 16.5. The zero-order valence-electron chi connectivity index (χ0n) is 15.4. The molecule has 0 aromatic heterocycles. The van der Waals surface area contributed by atoms with Crippen molar-refractivity contribution >= 4 is 5.96 Å². The number of piperidine rings is 1. The molecule has 0 aromatic carbocycles. The molecule has 24 heavy (non-hydrogen) atoms. The van der Waals surface area contributed by atoms with Crippen LogP contribution in [0.2, 0.25) is 0 Å².